The van der Waals surface area contributed by atoms with Crippen LogP contribution in [0.4, 0.5) is 4.79 Å². The van der Waals surface area contributed by atoms with Crippen LogP contribution in [0, 0.1) is 0 Å². The molecule has 124 valence electrons. The quantitative estimate of drug-likeness (QED) is 0.575. The number of urea groups is 1. The first kappa shape index (κ1) is 18.1. The Morgan fingerprint density at radius 1 is 1.05 bits per heavy atom. The number of ether oxygens (including phenoxy) is 2. The third-order valence-electron chi connectivity index (χ3n) is 3.27. The minimum absolute atomic E-state index is 0.163. The zero-order valence-corrected chi connectivity index (χ0v) is 13.4. The molecule has 1 aromatic rings. The van der Waals surface area contributed by atoms with Gasteiger partial charge in [0.1, 0.15) is 0 Å². The van der Waals surface area contributed by atoms with Crippen LogP contribution < -0.4 is 20.1 Å². The van der Waals surface area contributed by atoms with E-state index in [1.54, 1.807) is 14.2 Å². The van der Waals surface area contributed by atoms with Crippen molar-refractivity contribution in [2.45, 2.75) is 25.7 Å². The molecule has 0 unspecified atom stereocenters. The monoisotopic (exact) mass is 310 g/mol. The highest BCUT2D eigenvalue weighted by molar-refractivity contribution is 5.73. The molecule has 0 aliphatic heterocycles. The highest BCUT2D eigenvalue weighted by atomic mass is 16.5. The van der Waals surface area contributed by atoms with Crippen molar-refractivity contribution in [3.8, 4) is 11.5 Å². The van der Waals surface area contributed by atoms with E-state index in [-0.39, 0.29) is 12.6 Å². The zero-order valence-electron chi connectivity index (χ0n) is 13.4. The number of aliphatic hydroxyl groups is 1. The van der Waals surface area contributed by atoms with Crippen molar-refractivity contribution in [2.24, 2.45) is 0 Å². The molecule has 0 bridgehead atoms. The first-order valence-electron chi connectivity index (χ1n) is 7.54. The topological polar surface area (TPSA) is 79.8 Å². The largest absolute Gasteiger partial charge is 0.493 e. The van der Waals surface area contributed by atoms with Crippen molar-refractivity contribution in [3.05, 3.63) is 23.8 Å². The number of aliphatic hydroxyl groups excluding tert-OH is 1. The number of nitrogens with one attached hydrogen (secondary N) is 2. The van der Waals surface area contributed by atoms with Gasteiger partial charge < -0.3 is 25.2 Å². The van der Waals surface area contributed by atoms with Crippen molar-refractivity contribution >= 4 is 6.03 Å². The lowest BCUT2D eigenvalue weighted by atomic mass is 10.1. The predicted octanol–water partition coefficient (Wildman–Crippen LogP) is 1.71. The first-order valence-corrected chi connectivity index (χ1v) is 7.54. The van der Waals surface area contributed by atoms with Crippen LogP contribution in [-0.4, -0.2) is 45.1 Å². The molecule has 2 amide bonds. The second-order valence-corrected chi connectivity index (χ2v) is 4.91. The van der Waals surface area contributed by atoms with E-state index < -0.39 is 0 Å². The van der Waals surface area contributed by atoms with Gasteiger partial charge in [-0.3, -0.25) is 0 Å². The predicted molar refractivity (Wildman–Crippen MR) is 85.6 cm³/mol. The second kappa shape index (κ2) is 10.7. The van der Waals surface area contributed by atoms with Crippen LogP contribution >= 0.6 is 0 Å². The fraction of sp³-hybridized carbons (Fsp3) is 0.562. The van der Waals surface area contributed by atoms with E-state index >= 15 is 0 Å². The van der Waals surface area contributed by atoms with E-state index in [1.165, 1.54) is 0 Å². The van der Waals surface area contributed by atoms with E-state index in [0.29, 0.717) is 24.6 Å². The molecule has 6 nitrogen and oxygen atoms in total. The number of amides is 2. The molecule has 0 heterocycles. The Hall–Kier alpha value is -1.95. The van der Waals surface area contributed by atoms with Gasteiger partial charge in [0.05, 0.1) is 14.2 Å². The maximum absolute atomic E-state index is 11.6. The Kier molecular flexibility index (Phi) is 8.83. The Morgan fingerprint density at radius 2 is 1.77 bits per heavy atom. The third-order valence-corrected chi connectivity index (χ3v) is 3.27. The zero-order chi connectivity index (χ0) is 16.2. The molecule has 0 atom stereocenters. The summed E-state index contributed by atoms with van der Waals surface area (Å²) in [5, 5.41) is 14.3. The van der Waals surface area contributed by atoms with E-state index in [2.05, 4.69) is 10.6 Å². The van der Waals surface area contributed by atoms with Crippen molar-refractivity contribution in [1.82, 2.24) is 10.6 Å². The van der Waals surface area contributed by atoms with Gasteiger partial charge in [-0.15, -0.1) is 0 Å². The van der Waals surface area contributed by atoms with Gasteiger partial charge in [-0.1, -0.05) is 6.07 Å². The molecule has 0 spiro atoms. The molecule has 0 fully saturated rings. The summed E-state index contributed by atoms with van der Waals surface area (Å²) in [5.74, 6) is 1.38. The Bertz CT molecular complexity index is 452. The fourth-order valence-electron chi connectivity index (χ4n) is 2.03. The van der Waals surface area contributed by atoms with Crippen LogP contribution in [0.5, 0.6) is 11.5 Å². The van der Waals surface area contributed by atoms with Crippen molar-refractivity contribution in [2.75, 3.05) is 33.9 Å². The van der Waals surface area contributed by atoms with Gasteiger partial charge in [0.15, 0.2) is 11.5 Å². The lowest BCUT2D eigenvalue weighted by Gasteiger charge is -2.10. The van der Waals surface area contributed by atoms with Crippen molar-refractivity contribution < 1.29 is 19.4 Å². The first-order chi connectivity index (χ1) is 10.7. The molecule has 0 saturated carbocycles. The van der Waals surface area contributed by atoms with Crippen LogP contribution in [0.2, 0.25) is 0 Å². The van der Waals surface area contributed by atoms with Crippen molar-refractivity contribution in [3.63, 3.8) is 0 Å². The van der Waals surface area contributed by atoms with Crippen LogP contribution in [-0.2, 0) is 6.42 Å². The summed E-state index contributed by atoms with van der Waals surface area (Å²) in [7, 11) is 3.20. The maximum Gasteiger partial charge on any atom is 0.314 e. The lowest BCUT2D eigenvalue weighted by molar-refractivity contribution is 0.240. The van der Waals surface area contributed by atoms with Gasteiger partial charge in [-0.05, 0) is 43.4 Å². The summed E-state index contributed by atoms with van der Waals surface area (Å²) >= 11 is 0. The highest BCUT2D eigenvalue weighted by Crippen LogP contribution is 2.27. The van der Waals surface area contributed by atoms with Crippen LogP contribution in [0.3, 0.4) is 0 Å². The number of carbonyl (C=O) groups is 1. The molecule has 22 heavy (non-hydrogen) atoms. The summed E-state index contributed by atoms with van der Waals surface area (Å²) < 4.78 is 10.4. The fourth-order valence-corrected chi connectivity index (χ4v) is 2.03. The number of methoxy groups -OCH3 is 2. The van der Waals surface area contributed by atoms with E-state index in [4.69, 9.17) is 14.6 Å². The molecule has 0 saturated heterocycles. The Balaban J connectivity index is 2.24. The van der Waals surface area contributed by atoms with Crippen molar-refractivity contribution in [1.29, 1.82) is 0 Å². The normalized spacial score (nSPS) is 10.1. The molecule has 0 aliphatic carbocycles. The number of benzene rings is 1. The summed E-state index contributed by atoms with van der Waals surface area (Å²) in [6, 6.07) is 5.56. The van der Waals surface area contributed by atoms with Gasteiger partial charge in [0.2, 0.25) is 0 Å². The van der Waals surface area contributed by atoms with E-state index in [0.717, 1.165) is 31.2 Å². The third kappa shape index (κ3) is 6.67. The average Bonchev–Trinajstić information content (AvgIpc) is 2.54. The van der Waals surface area contributed by atoms with Crippen LogP contribution in [0.1, 0.15) is 24.8 Å². The summed E-state index contributed by atoms with van der Waals surface area (Å²) in [5.41, 5.74) is 1.07. The number of hydrogen-bond acceptors (Lipinski definition) is 4. The number of rotatable bonds is 10. The number of carbonyl (C=O) groups excluding carboxylic acids is 1. The average molecular weight is 310 g/mol. The van der Waals surface area contributed by atoms with Crippen LogP contribution in [0.25, 0.3) is 0 Å². The summed E-state index contributed by atoms with van der Waals surface area (Å²) in [6.07, 6.45) is 3.30. The summed E-state index contributed by atoms with van der Waals surface area (Å²) in [4.78, 5) is 11.6. The highest BCUT2D eigenvalue weighted by Gasteiger charge is 2.05. The minimum atomic E-state index is -0.163. The standard InChI is InChI=1S/C16H26N2O4/c1-21-14-7-6-13(12-15(14)22-2)8-10-18-16(20)17-9-4-3-5-11-19/h6-7,12,19H,3-5,8-11H2,1-2H3,(H2,17,18,20). The second-order valence-electron chi connectivity index (χ2n) is 4.91. The van der Waals surface area contributed by atoms with Gasteiger partial charge in [0, 0.05) is 19.7 Å². The van der Waals surface area contributed by atoms with Gasteiger partial charge >= 0.3 is 6.03 Å². The molecular weight excluding hydrogens is 284 g/mol. The van der Waals surface area contributed by atoms with E-state index in [9.17, 15) is 4.79 Å². The minimum Gasteiger partial charge on any atom is -0.493 e. The molecule has 0 aliphatic rings. The van der Waals surface area contributed by atoms with Gasteiger partial charge in [-0.25, -0.2) is 4.79 Å². The maximum atomic E-state index is 11.6. The molecule has 1 aromatic carbocycles. The number of hydrogen-bond donors (Lipinski definition) is 3. The van der Waals surface area contributed by atoms with Crippen LogP contribution in [0.15, 0.2) is 18.2 Å². The lowest BCUT2D eigenvalue weighted by Crippen LogP contribution is -2.37. The summed E-state index contributed by atoms with van der Waals surface area (Å²) in [6.45, 7) is 1.39. The molecular formula is C16H26N2O4. The Morgan fingerprint density at radius 3 is 2.45 bits per heavy atom. The SMILES string of the molecule is COc1ccc(CCNC(=O)NCCCCCO)cc1OC. The Labute approximate surface area is 131 Å². The molecule has 3 N–H and O–H groups in total. The molecule has 0 radical (unpaired) electrons. The molecule has 0 aromatic heterocycles. The van der Waals surface area contributed by atoms with E-state index in [1.807, 2.05) is 18.2 Å². The smallest absolute Gasteiger partial charge is 0.314 e. The number of unbranched alkanes of at least 4 members (excludes halogenated alkanes) is 2. The van der Waals surface area contributed by atoms with Gasteiger partial charge in [-0.2, -0.15) is 0 Å². The molecule has 6 heteroatoms. The van der Waals surface area contributed by atoms with Gasteiger partial charge in [0.25, 0.3) is 0 Å². The molecule has 1 rings (SSSR count).